The van der Waals surface area contributed by atoms with Gasteiger partial charge >= 0.3 is 5.97 Å². The van der Waals surface area contributed by atoms with Crippen LogP contribution in [0.3, 0.4) is 0 Å². The maximum atomic E-state index is 12.1. The van der Waals surface area contributed by atoms with Crippen molar-refractivity contribution in [2.24, 2.45) is 11.8 Å². The fourth-order valence-electron chi connectivity index (χ4n) is 4.35. The van der Waals surface area contributed by atoms with Gasteiger partial charge in [-0.3, -0.25) is 9.69 Å². The van der Waals surface area contributed by atoms with Crippen LogP contribution in [0, 0.1) is 11.8 Å². The monoisotopic (exact) mass is 495 g/mol. The van der Waals surface area contributed by atoms with E-state index in [1.54, 1.807) is 0 Å². The summed E-state index contributed by atoms with van der Waals surface area (Å²) < 4.78 is 21.8. The first-order chi connectivity index (χ1) is 17.4. The van der Waals surface area contributed by atoms with Crippen molar-refractivity contribution in [3.8, 4) is 17.1 Å². The molecule has 3 aromatic rings. The minimum Gasteiger partial charge on any atom is -0.484 e. The first kappa shape index (κ1) is 25.8. The zero-order chi connectivity index (χ0) is 25.5. The predicted molar refractivity (Wildman–Crippen MR) is 132 cm³/mol. The number of hydrogen-bond donors (Lipinski definition) is 1. The molecule has 1 N–H and O–H groups in total. The standard InChI is InChI=1S/C27H33N3O6/c1-18(2)16-35-27(32)30-14-21(13-25(31)33-3)23(15-30)20-10-7-11-22(12-20)34-17-24-28-26(29-36-24)19-8-5-4-6-9-19/h4-12,18,21,23,27,32H,13-17H2,1-3H3/t21-,23-,27?/m0/s1. The molecule has 1 aliphatic heterocycles. The first-order valence-corrected chi connectivity index (χ1v) is 12.1. The minimum atomic E-state index is -1.02. The van der Waals surface area contributed by atoms with E-state index in [1.807, 2.05) is 73.3 Å². The largest absolute Gasteiger partial charge is 0.484 e. The van der Waals surface area contributed by atoms with E-state index in [2.05, 4.69) is 10.1 Å². The molecule has 1 aromatic heterocycles. The van der Waals surface area contributed by atoms with Gasteiger partial charge in [0.1, 0.15) is 5.75 Å². The summed E-state index contributed by atoms with van der Waals surface area (Å²) in [5.41, 5.74) is 1.88. The SMILES string of the molecule is COC(=O)C[C@H]1CN(C(O)OCC(C)C)C[C@H]1c1cccc(OCc2nc(-c3ccccc3)no2)c1. The van der Waals surface area contributed by atoms with Crippen molar-refractivity contribution in [3.05, 3.63) is 66.1 Å². The van der Waals surface area contributed by atoms with Gasteiger partial charge in [-0.1, -0.05) is 61.5 Å². The van der Waals surface area contributed by atoms with Crippen LogP contribution < -0.4 is 4.74 Å². The Morgan fingerprint density at radius 1 is 1.17 bits per heavy atom. The van der Waals surface area contributed by atoms with Crippen LogP contribution in [0.25, 0.3) is 11.4 Å². The summed E-state index contributed by atoms with van der Waals surface area (Å²) in [6.45, 7) is 5.72. The molecular weight excluding hydrogens is 462 g/mol. The Morgan fingerprint density at radius 2 is 1.97 bits per heavy atom. The predicted octanol–water partition coefficient (Wildman–Crippen LogP) is 3.84. The smallest absolute Gasteiger partial charge is 0.305 e. The number of methoxy groups -OCH3 is 1. The molecule has 0 spiro atoms. The Bertz CT molecular complexity index is 1120. The Kier molecular flexibility index (Phi) is 8.69. The number of aliphatic hydroxyl groups excluding tert-OH is 1. The van der Waals surface area contributed by atoms with Gasteiger partial charge in [-0.15, -0.1) is 0 Å². The molecule has 192 valence electrons. The minimum absolute atomic E-state index is 0.00182. The third kappa shape index (κ3) is 6.69. The molecule has 0 amide bonds. The van der Waals surface area contributed by atoms with E-state index < -0.39 is 6.41 Å². The van der Waals surface area contributed by atoms with Crippen LogP contribution in [-0.4, -0.2) is 59.3 Å². The lowest BCUT2D eigenvalue weighted by Crippen LogP contribution is -2.36. The zero-order valence-corrected chi connectivity index (χ0v) is 20.9. The number of ether oxygens (including phenoxy) is 3. The summed E-state index contributed by atoms with van der Waals surface area (Å²) in [5.74, 6) is 1.53. The molecule has 1 unspecified atom stereocenters. The molecule has 1 aliphatic rings. The molecule has 1 saturated heterocycles. The summed E-state index contributed by atoms with van der Waals surface area (Å²) >= 11 is 0. The number of aromatic nitrogens is 2. The van der Waals surface area contributed by atoms with Gasteiger partial charge in [0, 0.05) is 24.6 Å². The second-order valence-electron chi connectivity index (χ2n) is 9.39. The van der Waals surface area contributed by atoms with Gasteiger partial charge in [-0.05, 0) is 29.5 Å². The number of esters is 1. The van der Waals surface area contributed by atoms with Crippen molar-refractivity contribution in [1.82, 2.24) is 15.0 Å². The van der Waals surface area contributed by atoms with Crippen molar-refractivity contribution in [3.63, 3.8) is 0 Å². The summed E-state index contributed by atoms with van der Waals surface area (Å²) in [6.07, 6.45) is -0.766. The summed E-state index contributed by atoms with van der Waals surface area (Å²) in [7, 11) is 1.39. The van der Waals surface area contributed by atoms with E-state index in [0.717, 1.165) is 11.1 Å². The molecule has 36 heavy (non-hydrogen) atoms. The average molecular weight is 496 g/mol. The Hall–Kier alpha value is -3.27. The molecule has 4 rings (SSSR count). The fourth-order valence-corrected chi connectivity index (χ4v) is 4.35. The highest BCUT2D eigenvalue weighted by molar-refractivity contribution is 5.69. The Morgan fingerprint density at radius 3 is 2.72 bits per heavy atom. The number of aliphatic hydroxyl groups is 1. The molecule has 2 aromatic carbocycles. The first-order valence-electron chi connectivity index (χ1n) is 12.1. The maximum absolute atomic E-state index is 12.1. The second-order valence-corrected chi connectivity index (χ2v) is 9.39. The van der Waals surface area contributed by atoms with Crippen LogP contribution in [0.5, 0.6) is 5.75 Å². The van der Waals surface area contributed by atoms with E-state index in [4.69, 9.17) is 18.7 Å². The van der Waals surface area contributed by atoms with Crippen molar-refractivity contribution in [2.45, 2.75) is 39.2 Å². The number of rotatable bonds is 11. The van der Waals surface area contributed by atoms with Crippen molar-refractivity contribution < 1.29 is 28.6 Å². The molecule has 2 heterocycles. The lowest BCUT2D eigenvalue weighted by molar-refractivity contribution is -0.192. The molecule has 0 aliphatic carbocycles. The number of benzene rings is 2. The summed E-state index contributed by atoms with van der Waals surface area (Å²) in [4.78, 5) is 18.3. The summed E-state index contributed by atoms with van der Waals surface area (Å²) in [6, 6.07) is 17.3. The number of carbonyl (C=O) groups is 1. The molecule has 9 nitrogen and oxygen atoms in total. The zero-order valence-electron chi connectivity index (χ0n) is 20.9. The van der Waals surface area contributed by atoms with Crippen molar-refractivity contribution in [2.75, 3.05) is 26.8 Å². The van der Waals surface area contributed by atoms with Crippen molar-refractivity contribution in [1.29, 1.82) is 0 Å². The van der Waals surface area contributed by atoms with E-state index in [0.29, 0.717) is 43.1 Å². The van der Waals surface area contributed by atoms with E-state index in [9.17, 15) is 9.90 Å². The average Bonchev–Trinajstić information content (AvgIpc) is 3.54. The van der Waals surface area contributed by atoms with Gasteiger partial charge in [0.05, 0.1) is 20.1 Å². The van der Waals surface area contributed by atoms with Gasteiger partial charge in [0.25, 0.3) is 5.89 Å². The van der Waals surface area contributed by atoms with Gasteiger partial charge in [0.15, 0.2) is 6.61 Å². The topological polar surface area (TPSA) is 107 Å². The van der Waals surface area contributed by atoms with Crippen LogP contribution in [0.4, 0.5) is 0 Å². The van der Waals surface area contributed by atoms with Crippen LogP contribution >= 0.6 is 0 Å². The van der Waals surface area contributed by atoms with Gasteiger partial charge in [0.2, 0.25) is 12.2 Å². The van der Waals surface area contributed by atoms with Gasteiger partial charge < -0.3 is 23.8 Å². The molecule has 9 heteroatoms. The molecule has 3 atom stereocenters. The molecule has 0 radical (unpaired) electrons. The third-order valence-electron chi connectivity index (χ3n) is 6.17. The normalized spacial score (nSPS) is 18.9. The maximum Gasteiger partial charge on any atom is 0.305 e. The van der Waals surface area contributed by atoms with E-state index in [1.165, 1.54) is 7.11 Å². The molecule has 0 saturated carbocycles. The Labute approximate surface area is 211 Å². The highest BCUT2D eigenvalue weighted by Gasteiger charge is 2.38. The lowest BCUT2D eigenvalue weighted by Gasteiger charge is -2.23. The lowest BCUT2D eigenvalue weighted by atomic mass is 9.87. The van der Waals surface area contributed by atoms with Crippen LogP contribution in [0.1, 0.15) is 37.6 Å². The number of nitrogens with zero attached hydrogens (tertiary/aromatic N) is 3. The fraction of sp³-hybridized carbons (Fsp3) is 0.444. The van der Waals surface area contributed by atoms with Crippen LogP contribution in [0.15, 0.2) is 59.1 Å². The highest BCUT2D eigenvalue weighted by Crippen LogP contribution is 2.37. The van der Waals surface area contributed by atoms with Gasteiger partial charge in [-0.25, -0.2) is 0 Å². The third-order valence-corrected chi connectivity index (χ3v) is 6.17. The van der Waals surface area contributed by atoms with Crippen molar-refractivity contribution >= 4 is 5.97 Å². The van der Waals surface area contributed by atoms with E-state index in [-0.39, 0.29) is 30.8 Å². The highest BCUT2D eigenvalue weighted by atomic mass is 16.6. The van der Waals surface area contributed by atoms with Crippen LogP contribution in [0.2, 0.25) is 0 Å². The Balaban J connectivity index is 1.43. The molecule has 1 fully saturated rings. The molecular formula is C27H33N3O6. The van der Waals surface area contributed by atoms with Gasteiger partial charge in [-0.2, -0.15) is 4.98 Å². The quantitative estimate of drug-likeness (QED) is 0.314. The molecule has 0 bridgehead atoms. The number of carbonyl (C=O) groups excluding carboxylic acids is 1. The van der Waals surface area contributed by atoms with Crippen LogP contribution in [-0.2, 0) is 20.9 Å². The number of hydrogen-bond acceptors (Lipinski definition) is 9. The second kappa shape index (κ2) is 12.1. The summed E-state index contributed by atoms with van der Waals surface area (Å²) in [5, 5.41) is 14.6. The number of likely N-dealkylation sites (tertiary alicyclic amines) is 1. The van der Waals surface area contributed by atoms with E-state index >= 15 is 0 Å².